The molecule has 140 valence electrons. The lowest BCUT2D eigenvalue weighted by molar-refractivity contribution is -0.119. The molecule has 3 rings (SSSR count). The molecule has 0 saturated carbocycles. The number of imidazole rings is 1. The Kier molecular flexibility index (Phi) is 5.23. The van der Waals surface area contributed by atoms with Crippen LogP contribution in [0.25, 0.3) is 16.1 Å². The molecule has 0 aliphatic carbocycles. The van der Waals surface area contributed by atoms with Crippen molar-refractivity contribution in [2.45, 2.75) is 19.6 Å². The second-order valence-electron chi connectivity index (χ2n) is 5.85. The Morgan fingerprint density at radius 1 is 1.56 bits per heavy atom. The van der Waals surface area contributed by atoms with Gasteiger partial charge in [-0.3, -0.25) is 9.69 Å². The van der Waals surface area contributed by atoms with Crippen LogP contribution in [0.4, 0.5) is 14.9 Å². The number of anilines is 1. The molecule has 10 nitrogen and oxygen atoms in total. The van der Waals surface area contributed by atoms with Gasteiger partial charge in [-0.25, -0.2) is 14.2 Å². The third-order valence-electron chi connectivity index (χ3n) is 3.91. The molecule has 11 heteroatoms. The number of ether oxygens (including phenoxy) is 1. The highest BCUT2D eigenvalue weighted by atomic mass is 19.1. The SMILES string of the molecule is CC(=O)NC[C@H]1CN(c2ccc(-n3cnc(CN=[N+]=[N-])c3)c(F)c2)C(=O)O1. The minimum Gasteiger partial charge on any atom is -0.442 e. The molecule has 0 spiro atoms. The van der Waals surface area contributed by atoms with E-state index in [1.807, 2.05) is 0 Å². The molecule has 1 fully saturated rings. The van der Waals surface area contributed by atoms with Crippen molar-refractivity contribution in [2.24, 2.45) is 5.11 Å². The quantitative estimate of drug-likeness (QED) is 0.473. The van der Waals surface area contributed by atoms with E-state index in [0.717, 1.165) is 0 Å². The highest BCUT2D eigenvalue weighted by Gasteiger charge is 2.32. The van der Waals surface area contributed by atoms with Crippen LogP contribution in [0.1, 0.15) is 12.6 Å². The molecular formula is C16H16FN7O3. The summed E-state index contributed by atoms with van der Waals surface area (Å²) in [5.41, 5.74) is 9.42. The van der Waals surface area contributed by atoms with Crippen LogP contribution in [-0.2, 0) is 16.1 Å². The number of halogens is 1. The van der Waals surface area contributed by atoms with Gasteiger partial charge >= 0.3 is 6.09 Å². The summed E-state index contributed by atoms with van der Waals surface area (Å²) in [5.74, 6) is -0.779. The van der Waals surface area contributed by atoms with E-state index >= 15 is 0 Å². The van der Waals surface area contributed by atoms with Crippen LogP contribution in [0, 0.1) is 5.82 Å². The van der Waals surface area contributed by atoms with Gasteiger partial charge in [0.15, 0.2) is 0 Å². The van der Waals surface area contributed by atoms with Crippen molar-refractivity contribution in [3.05, 3.63) is 52.7 Å². The molecule has 0 radical (unpaired) electrons. The zero-order chi connectivity index (χ0) is 19.4. The first-order valence-corrected chi connectivity index (χ1v) is 8.04. The fourth-order valence-corrected chi connectivity index (χ4v) is 2.65. The monoisotopic (exact) mass is 373 g/mol. The van der Waals surface area contributed by atoms with E-state index < -0.39 is 18.0 Å². The number of rotatable bonds is 6. The van der Waals surface area contributed by atoms with Crippen molar-refractivity contribution in [1.82, 2.24) is 14.9 Å². The topological polar surface area (TPSA) is 125 Å². The summed E-state index contributed by atoms with van der Waals surface area (Å²) in [6.45, 7) is 1.84. The van der Waals surface area contributed by atoms with E-state index in [-0.39, 0.29) is 31.2 Å². The second kappa shape index (κ2) is 7.75. The molecule has 0 unspecified atom stereocenters. The average molecular weight is 373 g/mol. The van der Waals surface area contributed by atoms with Gasteiger partial charge in [0, 0.05) is 18.0 Å². The van der Waals surface area contributed by atoms with E-state index in [0.29, 0.717) is 11.4 Å². The number of carbonyl (C=O) groups excluding carboxylic acids is 2. The van der Waals surface area contributed by atoms with Crippen LogP contribution in [0.15, 0.2) is 35.8 Å². The largest absolute Gasteiger partial charge is 0.442 e. The zero-order valence-electron chi connectivity index (χ0n) is 14.4. The molecular weight excluding hydrogens is 357 g/mol. The van der Waals surface area contributed by atoms with Gasteiger partial charge in [-0.2, -0.15) is 0 Å². The summed E-state index contributed by atoms with van der Waals surface area (Å²) < 4.78 is 21.2. The highest BCUT2D eigenvalue weighted by molar-refractivity contribution is 5.90. The highest BCUT2D eigenvalue weighted by Crippen LogP contribution is 2.25. The lowest BCUT2D eigenvalue weighted by Gasteiger charge is -2.14. The number of hydrogen-bond acceptors (Lipinski definition) is 5. The van der Waals surface area contributed by atoms with Crippen LogP contribution in [0.3, 0.4) is 0 Å². The number of nitrogens with zero attached hydrogens (tertiary/aromatic N) is 6. The van der Waals surface area contributed by atoms with Gasteiger partial charge in [-0.1, -0.05) is 5.11 Å². The third-order valence-corrected chi connectivity index (χ3v) is 3.91. The zero-order valence-corrected chi connectivity index (χ0v) is 14.4. The Morgan fingerprint density at radius 2 is 2.37 bits per heavy atom. The number of hydrogen-bond donors (Lipinski definition) is 1. The Balaban J connectivity index is 1.74. The summed E-state index contributed by atoms with van der Waals surface area (Å²) >= 11 is 0. The first-order valence-electron chi connectivity index (χ1n) is 8.04. The van der Waals surface area contributed by atoms with Crippen molar-refractivity contribution < 1.29 is 18.7 Å². The fraction of sp³-hybridized carbons (Fsp3) is 0.312. The van der Waals surface area contributed by atoms with Gasteiger partial charge in [0.2, 0.25) is 5.91 Å². The maximum absolute atomic E-state index is 14.6. The summed E-state index contributed by atoms with van der Waals surface area (Å²) in [7, 11) is 0. The van der Waals surface area contributed by atoms with Crippen molar-refractivity contribution in [3.63, 3.8) is 0 Å². The van der Waals surface area contributed by atoms with Crippen LogP contribution >= 0.6 is 0 Å². The molecule has 2 aromatic rings. The van der Waals surface area contributed by atoms with Crippen molar-refractivity contribution in [1.29, 1.82) is 0 Å². The third kappa shape index (κ3) is 4.15. The van der Waals surface area contributed by atoms with Crippen LogP contribution in [0.5, 0.6) is 0 Å². The maximum atomic E-state index is 14.6. The molecule has 2 heterocycles. The smallest absolute Gasteiger partial charge is 0.414 e. The maximum Gasteiger partial charge on any atom is 0.414 e. The molecule has 1 saturated heterocycles. The molecule has 1 aliphatic heterocycles. The normalized spacial score (nSPS) is 16.0. The number of azide groups is 1. The standard InChI is InChI=1S/C16H16FN7O3/c1-10(25)19-6-13-8-24(16(26)27-13)12-2-3-15(14(17)4-12)23-7-11(20-9-23)5-21-22-18/h2-4,7,9,13H,5-6,8H2,1H3,(H,19,25)/t13-/m0/s1. The van der Waals surface area contributed by atoms with Gasteiger partial charge in [0.05, 0.1) is 43.0 Å². The molecule has 1 aliphatic rings. The van der Waals surface area contributed by atoms with Crippen LogP contribution in [0.2, 0.25) is 0 Å². The summed E-state index contributed by atoms with van der Waals surface area (Å²) in [5, 5.41) is 5.99. The minimum atomic E-state index is -0.600. The van der Waals surface area contributed by atoms with Crippen LogP contribution < -0.4 is 10.2 Å². The van der Waals surface area contributed by atoms with E-state index in [2.05, 4.69) is 20.3 Å². The van der Waals surface area contributed by atoms with Crippen molar-refractivity contribution >= 4 is 17.7 Å². The summed E-state index contributed by atoms with van der Waals surface area (Å²) in [6, 6.07) is 4.33. The molecule has 1 N–H and O–H groups in total. The molecule has 0 bridgehead atoms. The molecule has 1 aromatic carbocycles. The minimum absolute atomic E-state index is 0.0680. The van der Waals surface area contributed by atoms with E-state index in [9.17, 15) is 14.0 Å². The summed E-state index contributed by atoms with van der Waals surface area (Å²) in [4.78, 5) is 31.0. The van der Waals surface area contributed by atoms with E-state index in [1.54, 1.807) is 12.3 Å². The Morgan fingerprint density at radius 3 is 3.07 bits per heavy atom. The van der Waals surface area contributed by atoms with Gasteiger partial charge < -0.3 is 14.6 Å². The molecule has 2 amide bonds. The molecule has 1 atom stereocenters. The van der Waals surface area contributed by atoms with E-state index in [1.165, 1.54) is 34.9 Å². The number of carbonyl (C=O) groups is 2. The van der Waals surface area contributed by atoms with Crippen LogP contribution in [-0.4, -0.2) is 40.7 Å². The van der Waals surface area contributed by atoms with Gasteiger partial charge in [-0.05, 0) is 23.7 Å². The van der Waals surface area contributed by atoms with Crippen molar-refractivity contribution in [3.8, 4) is 5.69 Å². The van der Waals surface area contributed by atoms with Gasteiger partial charge in [0.1, 0.15) is 11.9 Å². The Bertz CT molecular complexity index is 922. The number of benzene rings is 1. The first kappa shape index (κ1) is 18.2. The van der Waals surface area contributed by atoms with Gasteiger partial charge in [0.25, 0.3) is 0 Å². The molecule has 1 aromatic heterocycles. The fourth-order valence-electron chi connectivity index (χ4n) is 2.65. The second-order valence-corrected chi connectivity index (χ2v) is 5.85. The predicted molar refractivity (Wildman–Crippen MR) is 92.7 cm³/mol. The average Bonchev–Trinajstić information content (AvgIpc) is 3.24. The van der Waals surface area contributed by atoms with Gasteiger partial charge in [-0.15, -0.1) is 0 Å². The summed E-state index contributed by atoms with van der Waals surface area (Å²) in [6.07, 6.45) is 1.87. The molecule has 27 heavy (non-hydrogen) atoms. The number of cyclic esters (lactones) is 1. The predicted octanol–water partition coefficient (Wildman–Crippen LogP) is 2.28. The van der Waals surface area contributed by atoms with E-state index in [4.69, 9.17) is 10.3 Å². The lowest BCUT2D eigenvalue weighted by Crippen LogP contribution is -2.33. The lowest BCUT2D eigenvalue weighted by atomic mass is 10.2. The Labute approximate surface area is 153 Å². The number of amides is 2. The Hall–Kier alpha value is -3.59. The number of nitrogens with one attached hydrogen (secondary N) is 1. The first-order chi connectivity index (χ1) is 13.0. The van der Waals surface area contributed by atoms with Crippen molar-refractivity contribution in [2.75, 3.05) is 18.0 Å². The number of aromatic nitrogens is 2.